The molecule has 2 aliphatic rings. The van der Waals surface area contributed by atoms with Gasteiger partial charge in [0.25, 0.3) is 0 Å². The Morgan fingerprint density at radius 2 is 2.00 bits per heavy atom. The Morgan fingerprint density at radius 3 is 2.75 bits per heavy atom. The summed E-state index contributed by atoms with van der Waals surface area (Å²) in [5, 5.41) is 5.61. The van der Waals surface area contributed by atoms with Crippen LogP contribution in [0, 0.1) is 0 Å². The normalized spacial score (nSPS) is 18.3. The Labute approximate surface area is 209 Å². The maximum Gasteiger partial charge on any atom is 0.414 e. The lowest BCUT2D eigenvalue weighted by molar-refractivity contribution is 0.0777. The van der Waals surface area contributed by atoms with E-state index in [4.69, 9.17) is 14.2 Å². The van der Waals surface area contributed by atoms with Crippen LogP contribution in [0.25, 0.3) is 0 Å². The zero-order chi connectivity index (χ0) is 25.3. The molecule has 0 aliphatic carbocycles. The van der Waals surface area contributed by atoms with E-state index >= 15 is 0 Å². The molecule has 1 atom stereocenters. The first-order chi connectivity index (χ1) is 17.5. The molecule has 4 heterocycles. The smallest absolute Gasteiger partial charge is 0.414 e. The second-order valence-corrected chi connectivity index (χ2v) is 8.57. The summed E-state index contributed by atoms with van der Waals surface area (Å²) in [6, 6.07) is 1.22. The molecule has 2 aliphatic heterocycles. The third-order valence-electron chi connectivity index (χ3n) is 6.06. The SMILES string of the molecule is CCOc1cnc(NC(=O)N(C)[C@@H]2CCCN(c3nccc(OC(=O)NC4CCOCC4)n3)C2)cn1. The molecule has 0 unspecified atom stereocenters. The molecule has 3 amide bonds. The van der Waals surface area contributed by atoms with Gasteiger partial charge in [-0.3, -0.25) is 5.32 Å². The van der Waals surface area contributed by atoms with E-state index in [2.05, 4.69) is 30.6 Å². The highest BCUT2D eigenvalue weighted by Crippen LogP contribution is 2.21. The van der Waals surface area contributed by atoms with Gasteiger partial charge in [-0.2, -0.15) is 4.98 Å². The van der Waals surface area contributed by atoms with Gasteiger partial charge in [-0.25, -0.2) is 24.5 Å². The second-order valence-electron chi connectivity index (χ2n) is 8.57. The molecule has 0 saturated carbocycles. The fourth-order valence-corrected chi connectivity index (χ4v) is 4.09. The summed E-state index contributed by atoms with van der Waals surface area (Å²) in [6.45, 7) is 4.87. The molecule has 194 valence electrons. The zero-order valence-corrected chi connectivity index (χ0v) is 20.6. The number of piperidine rings is 1. The van der Waals surface area contributed by atoms with E-state index in [1.54, 1.807) is 24.2 Å². The summed E-state index contributed by atoms with van der Waals surface area (Å²) in [7, 11) is 1.74. The summed E-state index contributed by atoms with van der Waals surface area (Å²) in [6.07, 6.45) is 7.14. The van der Waals surface area contributed by atoms with Crippen molar-refractivity contribution in [2.45, 2.75) is 44.7 Å². The lowest BCUT2D eigenvalue weighted by atomic mass is 10.1. The highest BCUT2D eigenvalue weighted by atomic mass is 16.6. The van der Waals surface area contributed by atoms with E-state index < -0.39 is 6.09 Å². The molecule has 13 heteroatoms. The van der Waals surface area contributed by atoms with Gasteiger partial charge in [0.05, 0.1) is 25.0 Å². The molecule has 2 saturated heterocycles. The van der Waals surface area contributed by atoms with E-state index in [9.17, 15) is 9.59 Å². The van der Waals surface area contributed by atoms with Crippen molar-refractivity contribution in [3.8, 4) is 11.8 Å². The van der Waals surface area contributed by atoms with Crippen molar-refractivity contribution in [3.63, 3.8) is 0 Å². The first-order valence-corrected chi connectivity index (χ1v) is 12.1. The van der Waals surface area contributed by atoms with E-state index in [1.807, 2.05) is 11.8 Å². The number of rotatable bonds is 7. The fourth-order valence-electron chi connectivity index (χ4n) is 4.09. The number of anilines is 2. The summed E-state index contributed by atoms with van der Waals surface area (Å²) in [5.41, 5.74) is 0. The average molecular weight is 501 g/mol. The topological polar surface area (TPSA) is 144 Å². The van der Waals surface area contributed by atoms with Crippen LogP contribution in [0.4, 0.5) is 21.4 Å². The third-order valence-corrected chi connectivity index (χ3v) is 6.06. The Morgan fingerprint density at radius 1 is 1.17 bits per heavy atom. The molecule has 0 radical (unpaired) electrons. The predicted molar refractivity (Wildman–Crippen MR) is 130 cm³/mol. The number of nitrogens with one attached hydrogen (secondary N) is 2. The number of nitrogens with zero attached hydrogens (tertiary/aromatic N) is 6. The first-order valence-electron chi connectivity index (χ1n) is 12.1. The highest BCUT2D eigenvalue weighted by molar-refractivity contribution is 5.88. The number of urea groups is 1. The van der Waals surface area contributed by atoms with Gasteiger partial charge in [0, 0.05) is 51.7 Å². The van der Waals surface area contributed by atoms with Gasteiger partial charge in [-0.1, -0.05) is 0 Å². The average Bonchev–Trinajstić information content (AvgIpc) is 2.90. The van der Waals surface area contributed by atoms with Crippen LogP contribution in [0.15, 0.2) is 24.7 Å². The van der Waals surface area contributed by atoms with Crippen molar-refractivity contribution < 1.29 is 23.8 Å². The van der Waals surface area contributed by atoms with Crippen molar-refractivity contribution in [1.82, 2.24) is 30.2 Å². The number of ether oxygens (including phenoxy) is 3. The zero-order valence-electron chi connectivity index (χ0n) is 20.6. The van der Waals surface area contributed by atoms with Gasteiger partial charge in [0.1, 0.15) is 0 Å². The van der Waals surface area contributed by atoms with Gasteiger partial charge in [0.2, 0.25) is 17.7 Å². The Hall–Kier alpha value is -3.74. The predicted octanol–water partition coefficient (Wildman–Crippen LogP) is 2.07. The lowest BCUT2D eigenvalue weighted by Crippen LogP contribution is -2.50. The fraction of sp³-hybridized carbons (Fsp3) is 0.565. The standard InChI is InChI=1S/C23H32N8O5/c1-3-35-20-14-25-18(13-26-20)28-22(32)30(2)17-5-4-10-31(15-17)21-24-9-6-19(29-21)36-23(33)27-16-7-11-34-12-8-16/h6,9,13-14,16-17H,3-5,7-8,10-12,15H2,1-2H3,(H,27,33)(H,25,28,32)/t17-/m1/s1. The van der Waals surface area contributed by atoms with Crippen LogP contribution < -0.4 is 25.0 Å². The van der Waals surface area contributed by atoms with Crippen molar-refractivity contribution in [1.29, 1.82) is 0 Å². The van der Waals surface area contributed by atoms with Gasteiger partial charge in [-0.15, -0.1) is 0 Å². The van der Waals surface area contributed by atoms with Gasteiger partial charge >= 0.3 is 12.1 Å². The summed E-state index contributed by atoms with van der Waals surface area (Å²) in [4.78, 5) is 45.8. The summed E-state index contributed by atoms with van der Waals surface area (Å²) in [5.74, 6) is 1.36. The van der Waals surface area contributed by atoms with Gasteiger partial charge < -0.3 is 29.3 Å². The van der Waals surface area contributed by atoms with Crippen LogP contribution in [0.2, 0.25) is 0 Å². The largest absolute Gasteiger partial charge is 0.477 e. The monoisotopic (exact) mass is 500 g/mol. The molecule has 13 nitrogen and oxygen atoms in total. The Bertz CT molecular complexity index is 1020. The number of aromatic nitrogens is 4. The maximum atomic E-state index is 12.8. The third kappa shape index (κ3) is 6.90. The maximum absolute atomic E-state index is 12.8. The number of carbonyl (C=O) groups excluding carboxylic acids is 2. The van der Waals surface area contributed by atoms with Crippen LogP contribution >= 0.6 is 0 Å². The Kier molecular flexibility index (Phi) is 8.66. The molecular formula is C23H32N8O5. The number of carbonyl (C=O) groups is 2. The Balaban J connectivity index is 1.31. The molecule has 2 aromatic rings. The van der Waals surface area contributed by atoms with E-state index in [1.165, 1.54) is 12.4 Å². The summed E-state index contributed by atoms with van der Waals surface area (Å²) >= 11 is 0. The van der Waals surface area contributed by atoms with Crippen LogP contribution in [0.3, 0.4) is 0 Å². The minimum absolute atomic E-state index is 0.0330. The van der Waals surface area contributed by atoms with E-state index in [-0.39, 0.29) is 24.0 Å². The number of likely N-dealkylation sites (N-methyl/N-ethyl adjacent to an activating group) is 1. The molecule has 0 aromatic carbocycles. The van der Waals surface area contributed by atoms with Crippen LogP contribution in [-0.2, 0) is 4.74 Å². The number of hydrogen-bond donors (Lipinski definition) is 2. The molecule has 2 aromatic heterocycles. The van der Waals surface area contributed by atoms with Gasteiger partial charge in [0.15, 0.2) is 5.82 Å². The second kappa shape index (κ2) is 12.3. The quantitative estimate of drug-likeness (QED) is 0.580. The molecule has 2 N–H and O–H groups in total. The lowest BCUT2D eigenvalue weighted by Gasteiger charge is -2.37. The van der Waals surface area contributed by atoms with Crippen molar-refractivity contribution in [3.05, 3.63) is 24.7 Å². The molecule has 0 spiro atoms. The molecule has 2 fully saturated rings. The molecule has 0 bridgehead atoms. The number of amides is 3. The van der Waals surface area contributed by atoms with Crippen molar-refractivity contribution in [2.75, 3.05) is 50.2 Å². The minimum atomic E-state index is -0.545. The van der Waals surface area contributed by atoms with Crippen LogP contribution in [0.5, 0.6) is 11.8 Å². The molecule has 36 heavy (non-hydrogen) atoms. The van der Waals surface area contributed by atoms with Crippen LogP contribution in [-0.4, -0.2) is 89.0 Å². The van der Waals surface area contributed by atoms with Crippen molar-refractivity contribution >= 4 is 23.9 Å². The first kappa shape index (κ1) is 25.4. The molecular weight excluding hydrogens is 468 g/mol. The summed E-state index contributed by atoms with van der Waals surface area (Å²) < 4.78 is 16.0. The van der Waals surface area contributed by atoms with E-state index in [0.717, 1.165) is 32.2 Å². The van der Waals surface area contributed by atoms with Crippen molar-refractivity contribution in [2.24, 2.45) is 0 Å². The van der Waals surface area contributed by atoms with Crippen LogP contribution in [0.1, 0.15) is 32.6 Å². The number of hydrogen-bond acceptors (Lipinski definition) is 10. The van der Waals surface area contributed by atoms with E-state index in [0.29, 0.717) is 44.0 Å². The minimum Gasteiger partial charge on any atom is -0.477 e. The molecule has 4 rings (SSSR count). The van der Waals surface area contributed by atoms with Gasteiger partial charge in [-0.05, 0) is 32.6 Å². The highest BCUT2D eigenvalue weighted by Gasteiger charge is 2.28.